The first-order valence-electron chi connectivity index (χ1n) is 9.19. The summed E-state index contributed by atoms with van der Waals surface area (Å²) in [7, 11) is 3.61. The van der Waals surface area contributed by atoms with E-state index in [9.17, 15) is 4.79 Å². The fourth-order valence-electron chi connectivity index (χ4n) is 4.26. The molecule has 0 aromatic carbocycles. The number of rotatable bonds is 6. The van der Waals surface area contributed by atoms with Crippen molar-refractivity contribution >= 4 is 5.91 Å². The van der Waals surface area contributed by atoms with Gasteiger partial charge in [0, 0.05) is 20.2 Å². The Kier molecular flexibility index (Phi) is 5.64. The third-order valence-corrected chi connectivity index (χ3v) is 5.71. The van der Waals surface area contributed by atoms with Crippen LogP contribution in [0.15, 0.2) is 0 Å². The number of methoxy groups -OCH3 is 1. The van der Waals surface area contributed by atoms with Crippen LogP contribution in [-0.2, 0) is 23.1 Å². The molecule has 1 aromatic rings. The normalized spacial score (nSPS) is 25.4. The molecule has 140 valence electrons. The molecule has 0 unspecified atom stereocenters. The molecule has 25 heavy (non-hydrogen) atoms. The molecule has 1 aromatic heterocycles. The highest BCUT2D eigenvalue weighted by atomic mass is 16.5. The molecule has 0 spiro atoms. The standard InChI is InChI=1S/C18H30N4O3/c1-12-15(18(24-3)21(2)20-12)11-22-7-4-13(5-8-22)10-16-14(17(19)23)6-9-25-16/h13-14,16H,4-11H2,1-3H3,(H2,19,23)/t14-,16-/m1/s1. The Morgan fingerprint density at radius 2 is 2.08 bits per heavy atom. The van der Waals surface area contributed by atoms with Gasteiger partial charge in [0.1, 0.15) is 0 Å². The van der Waals surface area contributed by atoms with E-state index in [1.54, 1.807) is 11.8 Å². The van der Waals surface area contributed by atoms with Gasteiger partial charge in [-0.2, -0.15) is 5.10 Å². The molecule has 0 bridgehead atoms. The summed E-state index contributed by atoms with van der Waals surface area (Å²) >= 11 is 0. The van der Waals surface area contributed by atoms with Gasteiger partial charge < -0.3 is 15.2 Å². The lowest BCUT2D eigenvalue weighted by atomic mass is 9.86. The molecule has 1 amide bonds. The zero-order valence-electron chi connectivity index (χ0n) is 15.5. The third-order valence-electron chi connectivity index (χ3n) is 5.71. The summed E-state index contributed by atoms with van der Waals surface area (Å²) < 4.78 is 13.1. The number of nitrogens with zero attached hydrogens (tertiary/aromatic N) is 3. The van der Waals surface area contributed by atoms with Crippen LogP contribution in [0, 0.1) is 18.8 Å². The van der Waals surface area contributed by atoms with Crippen molar-refractivity contribution in [2.75, 3.05) is 26.8 Å². The van der Waals surface area contributed by atoms with Gasteiger partial charge in [0.15, 0.2) is 0 Å². The van der Waals surface area contributed by atoms with Crippen LogP contribution in [-0.4, -0.2) is 53.5 Å². The van der Waals surface area contributed by atoms with Crippen molar-refractivity contribution in [3.05, 3.63) is 11.3 Å². The molecule has 0 saturated carbocycles. The van der Waals surface area contributed by atoms with E-state index in [-0.39, 0.29) is 17.9 Å². The summed E-state index contributed by atoms with van der Waals surface area (Å²) in [6, 6.07) is 0. The number of hydrogen-bond acceptors (Lipinski definition) is 5. The zero-order valence-corrected chi connectivity index (χ0v) is 15.5. The van der Waals surface area contributed by atoms with Crippen LogP contribution in [0.25, 0.3) is 0 Å². The van der Waals surface area contributed by atoms with Crippen molar-refractivity contribution < 1.29 is 14.3 Å². The number of ether oxygens (including phenoxy) is 2. The maximum absolute atomic E-state index is 11.5. The highest BCUT2D eigenvalue weighted by molar-refractivity contribution is 5.77. The van der Waals surface area contributed by atoms with Gasteiger partial charge in [-0.3, -0.25) is 9.69 Å². The molecule has 0 aliphatic carbocycles. The topological polar surface area (TPSA) is 82.6 Å². The Balaban J connectivity index is 1.52. The predicted molar refractivity (Wildman–Crippen MR) is 94.2 cm³/mol. The fraction of sp³-hybridized carbons (Fsp3) is 0.778. The number of hydrogen-bond donors (Lipinski definition) is 1. The Morgan fingerprint density at radius 1 is 1.36 bits per heavy atom. The van der Waals surface area contributed by atoms with Crippen LogP contribution in [0.2, 0.25) is 0 Å². The Hall–Kier alpha value is -1.60. The molecule has 2 fully saturated rings. The van der Waals surface area contributed by atoms with E-state index in [4.69, 9.17) is 15.2 Å². The summed E-state index contributed by atoms with van der Waals surface area (Å²) in [4.78, 5) is 14.0. The molecule has 2 N–H and O–H groups in total. The lowest BCUT2D eigenvalue weighted by Gasteiger charge is -2.33. The Morgan fingerprint density at radius 3 is 2.72 bits per heavy atom. The summed E-state index contributed by atoms with van der Waals surface area (Å²) in [6.45, 7) is 5.68. The molecule has 7 nitrogen and oxygen atoms in total. The quantitative estimate of drug-likeness (QED) is 0.834. The van der Waals surface area contributed by atoms with Crippen molar-refractivity contribution in [1.29, 1.82) is 0 Å². The molecule has 3 heterocycles. The van der Waals surface area contributed by atoms with Gasteiger partial charge in [-0.25, -0.2) is 4.68 Å². The van der Waals surface area contributed by atoms with Crippen LogP contribution < -0.4 is 10.5 Å². The molecule has 2 aliphatic heterocycles. The van der Waals surface area contributed by atoms with Crippen molar-refractivity contribution in [3.63, 3.8) is 0 Å². The largest absolute Gasteiger partial charge is 0.481 e. The lowest BCUT2D eigenvalue weighted by Crippen LogP contribution is -2.37. The minimum absolute atomic E-state index is 0.0229. The van der Waals surface area contributed by atoms with Gasteiger partial charge >= 0.3 is 0 Å². The number of primary amides is 1. The summed E-state index contributed by atoms with van der Waals surface area (Å²) in [5, 5.41) is 4.46. The summed E-state index contributed by atoms with van der Waals surface area (Å²) in [5.41, 5.74) is 7.71. The third kappa shape index (κ3) is 3.98. The fourth-order valence-corrected chi connectivity index (χ4v) is 4.26. The number of aromatic nitrogens is 2. The maximum atomic E-state index is 11.5. The molecule has 2 atom stereocenters. The number of nitrogens with two attached hydrogens (primary N) is 1. The van der Waals surface area contributed by atoms with Crippen molar-refractivity contribution in [1.82, 2.24) is 14.7 Å². The molecule has 2 aliphatic rings. The van der Waals surface area contributed by atoms with Gasteiger partial charge in [-0.1, -0.05) is 0 Å². The van der Waals surface area contributed by atoms with E-state index in [0.29, 0.717) is 12.5 Å². The summed E-state index contributed by atoms with van der Waals surface area (Å²) in [5.74, 6) is 1.15. The van der Waals surface area contributed by atoms with E-state index in [1.807, 2.05) is 14.0 Å². The van der Waals surface area contributed by atoms with E-state index in [1.165, 1.54) is 5.56 Å². The van der Waals surface area contributed by atoms with E-state index in [0.717, 1.165) is 56.9 Å². The van der Waals surface area contributed by atoms with Crippen molar-refractivity contribution in [2.24, 2.45) is 24.6 Å². The lowest BCUT2D eigenvalue weighted by molar-refractivity contribution is -0.123. The van der Waals surface area contributed by atoms with Crippen LogP contribution in [0.1, 0.15) is 36.9 Å². The molecular formula is C18H30N4O3. The average molecular weight is 350 g/mol. The molecule has 7 heteroatoms. The highest BCUT2D eigenvalue weighted by Crippen LogP contribution is 2.32. The van der Waals surface area contributed by atoms with Crippen LogP contribution >= 0.6 is 0 Å². The number of likely N-dealkylation sites (tertiary alicyclic amines) is 1. The first kappa shape index (κ1) is 18.2. The van der Waals surface area contributed by atoms with Gasteiger partial charge in [-0.05, 0) is 51.6 Å². The molecular weight excluding hydrogens is 320 g/mol. The second kappa shape index (κ2) is 7.74. The monoisotopic (exact) mass is 350 g/mol. The number of carbonyl (C=O) groups excluding carboxylic acids is 1. The van der Waals surface area contributed by atoms with Gasteiger partial charge in [0.2, 0.25) is 11.8 Å². The molecule has 3 rings (SSSR count). The van der Waals surface area contributed by atoms with Gasteiger partial charge in [-0.15, -0.1) is 0 Å². The van der Waals surface area contributed by atoms with Crippen molar-refractivity contribution in [3.8, 4) is 5.88 Å². The SMILES string of the molecule is COc1c(CN2CCC(C[C@H]3OCC[C@H]3C(N)=O)CC2)c(C)nn1C. The first-order chi connectivity index (χ1) is 12.0. The van der Waals surface area contributed by atoms with E-state index in [2.05, 4.69) is 10.00 Å². The molecule has 0 radical (unpaired) electrons. The van der Waals surface area contributed by atoms with Crippen LogP contribution in [0.3, 0.4) is 0 Å². The number of carbonyl (C=O) groups is 1. The minimum Gasteiger partial charge on any atom is -0.481 e. The maximum Gasteiger partial charge on any atom is 0.223 e. The first-order valence-corrected chi connectivity index (χ1v) is 9.19. The minimum atomic E-state index is -0.209. The van der Waals surface area contributed by atoms with Crippen LogP contribution in [0.4, 0.5) is 0 Å². The second-order valence-electron chi connectivity index (χ2n) is 7.36. The predicted octanol–water partition coefficient (Wildman–Crippen LogP) is 1.23. The average Bonchev–Trinajstić information content (AvgIpc) is 3.14. The number of amides is 1. The zero-order chi connectivity index (χ0) is 18.0. The van der Waals surface area contributed by atoms with Gasteiger partial charge in [0.05, 0.1) is 30.4 Å². The second-order valence-corrected chi connectivity index (χ2v) is 7.36. The number of piperidine rings is 1. The summed E-state index contributed by atoms with van der Waals surface area (Å²) in [6.07, 6.45) is 4.02. The molecule has 2 saturated heterocycles. The highest BCUT2D eigenvalue weighted by Gasteiger charge is 2.35. The number of aryl methyl sites for hydroxylation is 2. The smallest absolute Gasteiger partial charge is 0.223 e. The van der Waals surface area contributed by atoms with E-state index < -0.39 is 0 Å². The Labute approximate surface area is 149 Å². The van der Waals surface area contributed by atoms with Gasteiger partial charge in [0.25, 0.3) is 0 Å². The van der Waals surface area contributed by atoms with E-state index >= 15 is 0 Å². The van der Waals surface area contributed by atoms with Crippen LogP contribution in [0.5, 0.6) is 5.88 Å². The Bertz CT molecular complexity index is 608. The van der Waals surface area contributed by atoms with Crippen molar-refractivity contribution in [2.45, 2.75) is 45.3 Å².